The Bertz CT molecular complexity index is 736. The van der Waals surface area contributed by atoms with E-state index in [1.807, 2.05) is 50.5 Å². The van der Waals surface area contributed by atoms with Gasteiger partial charge in [-0.1, -0.05) is 68.1 Å². The highest BCUT2D eigenvalue weighted by Crippen LogP contribution is 2.30. The average molecular weight is 336 g/mol. The van der Waals surface area contributed by atoms with Gasteiger partial charge in [0, 0.05) is 6.04 Å². The maximum atomic E-state index is 12.1. The number of nitrogens with zero attached hydrogens (tertiary/aromatic N) is 1. The molecule has 2 N–H and O–H groups in total. The van der Waals surface area contributed by atoms with Gasteiger partial charge in [-0.25, -0.2) is 0 Å². The minimum absolute atomic E-state index is 0.269. The minimum atomic E-state index is -0.289. The molecule has 0 aromatic heterocycles. The highest BCUT2D eigenvalue weighted by molar-refractivity contribution is 5.83. The molecule has 0 saturated carbocycles. The fraction of sp³-hybridized carbons (Fsp3) is 0.318. The summed E-state index contributed by atoms with van der Waals surface area (Å²) < 4.78 is 0. The zero-order valence-electron chi connectivity index (χ0n) is 15.4. The second-order valence-corrected chi connectivity index (χ2v) is 6.63. The molecule has 3 heteroatoms. The lowest BCUT2D eigenvalue weighted by Gasteiger charge is -2.26. The van der Waals surface area contributed by atoms with Gasteiger partial charge in [0.25, 0.3) is 0 Å². The van der Waals surface area contributed by atoms with Crippen molar-refractivity contribution in [2.24, 2.45) is 5.73 Å². The number of carbonyl (C=O) groups is 1. The van der Waals surface area contributed by atoms with Crippen molar-refractivity contribution < 1.29 is 4.79 Å². The van der Waals surface area contributed by atoms with E-state index in [0.717, 1.165) is 35.1 Å². The molecule has 0 fully saturated rings. The maximum absolute atomic E-state index is 12.1. The molecule has 0 aliphatic heterocycles. The Kier molecular flexibility index (Phi) is 6.54. The Morgan fingerprint density at radius 3 is 2.52 bits per heavy atom. The van der Waals surface area contributed by atoms with Crippen LogP contribution in [0.3, 0.4) is 0 Å². The quantitative estimate of drug-likeness (QED) is 0.781. The third-order valence-corrected chi connectivity index (χ3v) is 4.83. The molecule has 0 aliphatic carbocycles. The molecule has 2 aromatic carbocycles. The molecule has 0 bridgehead atoms. The second kappa shape index (κ2) is 8.63. The number of amides is 1. The average Bonchev–Trinajstić information content (AvgIpc) is 2.62. The Hall–Kier alpha value is -2.39. The van der Waals surface area contributed by atoms with Crippen LogP contribution in [0.25, 0.3) is 17.2 Å². The summed E-state index contributed by atoms with van der Waals surface area (Å²) in [4.78, 5) is 14.3. The van der Waals surface area contributed by atoms with Crippen LogP contribution in [-0.2, 0) is 4.79 Å². The van der Waals surface area contributed by atoms with Gasteiger partial charge in [-0.05, 0) is 49.2 Å². The molecule has 0 saturated heterocycles. The summed E-state index contributed by atoms with van der Waals surface area (Å²) in [7, 11) is 4.09. The topological polar surface area (TPSA) is 46.3 Å². The van der Waals surface area contributed by atoms with E-state index in [4.69, 9.17) is 5.73 Å². The summed E-state index contributed by atoms with van der Waals surface area (Å²) >= 11 is 0. The Morgan fingerprint density at radius 2 is 1.92 bits per heavy atom. The monoisotopic (exact) mass is 336 g/mol. The molecule has 25 heavy (non-hydrogen) atoms. The number of primary amides is 1. The van der Waals surface area contributed by atoms with E-state index < -0.39 is 0 Å². The van der Waals surface area contributed by atoms with Crippen LogP contribution in [0.1, 0.15) is 36.8 Å². The second-order valence-electron chi connectivity index (χ2n) is 6.63. The van der Waals surface area contributed by atoms with Crippen LogP contribution in [0.4, 0.5) is 0 Å². The first-order chi connectivity index (χ1) is 12.0. The van der Waals surface area contributed by atoms with Crippen molar-refractivity contribution in [1.82, 2.24) is 4.90 Å². The Morgan fingerprint density at radius 1 is 1.20 bits per heavy atom. The van der Waals surface area contributed by atoms with E-state index in [1.54, 1.807) is 0 Å². The number of rotatable bonds is 8. The summed E-state index contributed by atoms with van der Waals surface area (Å²) in [5, 5.41) is 0. The molecule has 0 heterocycles. The van der Waals surface area contributed by atoms with Crippen LogP contribution in [0.5, 0.6) is 0 Å². The van der Waals surface area contributed by atoms with Gasteiger partial charge < -0.3 is 10.6 Å². The van der Waals surface area contributed by atoms with Crippen molar-refractivity contribution in [3.63, 3.8) is 0 Å². The molecule has 2 aromatic rings. The Balaban J connectivity index is 2.40. The van der Waals surface area contributed by atoms with Gasteiger partial charge in [0.1, 0.15) is 0 Å². The van der Waals surface area contributed by atoms with E-state index in [2.05, 4.69) is 36.6 Å². The highest BCUT2D eigenvalue weighted by Gasteiger charge is 2.23. The molecular weight excluding hydrogens is 308 g/mol. The number of hydrogen-bond donors (Lipinski definition) is 1. The van der Waals surface area contributed by atoms with E-state index in [-0.39, 0.29) is 11.8 Å². The lowest BCUT2D eigenvalue weighted by atomic mass is 9.88. The highest BCUT2D eigenvalue weighted by atomic mass is 16.1. The molecule has 2 unspecified atom stereocenters. The predicted molar refractivity (Wildman–Crippen MR) is 106 cm³/mol. The van der Waals surface area contributed by atoms with Crippen molar-refractivity contribution >= 4 is 12.0 Å². The molecule has 0 aliphatic rings. The Labute approximate surface area is 151 Å². The van der Waals surface area contributed by atoms with Crippen LogP contribution >= 0.6 is 0 Å². The van der Waals surface area contributed by atoms with E-state index in [9.17, 15) is 4.79 Å². The number of benzene rings is 2. The zero-order valence-corrected chi connectivity index (χ0v) is 15.4. The lowest BCUT2D eigenvalue weighted by Crippen LogP contribution is -2.33. The van der Waals surface area contributed by atoms with Crippen LogP contribution in [0, 0.1) is 0 Å². The van der Waals surface area contributed by atoms with Crippen LogP contribution in [-0.4, -0.2) is 30.9 Å². The van der Waals surface area contributed by atoms with Crippen molar-refractivity contribution in [2.75, 3.05) is 14.1 Å². The number of hydrogen-bond acceptors (Lipinski definition) is 2. The third-order valence-electron chi connectivity index (χ3n) is 4.83. The van der Waals surface area contributed by atoms with Gasteiger partial charge in [0.2, 0.25) is 5.91 Å². The van der Waals surface area contributed by atoms with Gasteiger partial charge in [-0.3, -0.25) is 4.79 Å². The lowest BCUT2D eigenvalue weighted by molar-refractivity contribution is -0.119. The standard InChI is InChI=1S/C22H28N2O/c1-5-16-10-7-8-13-20(16)17-11-9-12-18(14-17)21(22(23)25)15-19(6-2)24(3)4/h5,7-14,19,21H,1,6,15H2,2-4H3,(H2,23,25). The summed E-state index contributed by atoms with van der Waals surface area (Å²) in [6.45, 7) is 6.03. The molecule has 0 radical (unpaired) electrons. The predicted octanol–water partition coefficient (Wildman–Crippen LogP) is 4.30. The third kappa shape index (κ3) is 4.58. The van der Waals surface area contributed by atoms with Crippen LogP contribution in [0.2, 0.25) is 0 Å². The van der Waals surface area contributed by atoms with Crippen molar-refractivity contribution in [1.29, 1.82) is 0 Å². The van der Waals surface area contributed by atoms with Gasteiger partial charge in [-0.15, -0.1) is 0 Å². The van der Waals surface area contributed by atoms with Gasteiger partial charge in [-0.2, -0.15) is 0 Å². The molecule has 3 nitrogen and oxygen atoms in total. The van der Waals surface area contributed by atoms with Gasteiger partial charge >= 0.3 is 0 Å². The molecule has 1 amide bonds. The molecule has 2 rings (SSSR count). The van der Waals surface area contributed by atoms with E-state index in [0.29, 0.717) is 6.04 Å². The first-order valence-electron chi connectivity index (χ1n) is 8.75. The molecule has 0 spiro atoms. The smallest absolute Gasteiger partial charge is 0.225 e. The molecule has 132 valence electrons. The summed E-state index contributed by atoms with van der Waals surface area (Å²) in [6.07, 6.45) is 3.56. The zero-order chi connectivity index (χ0) is 18.4. The van der Waals surface area contributed by atoms with Crippen molar-refractivity contribution in [2.45, 2.75) is 31.7 Å². The summed E-state index contributed by atoms with van der Waals surface area (Å²) in [5.41, 5.74) is 9.99. The SMILES string of the molecule is C=Cc1ccccc1-c1cccc(C(CC(CC)N(C)C)C(N)=O)c1. The molecular formula is C22H28N2O. The number of nitrogens with two attached hydrogens (primary N) is 1. The minimum Gasteiger partial charge on any atom is -0.369 e. The normalized spacial score (nSPS) is 13.4. The number of carbonyl (C=O) groups excluding carboxylic acids is 1. The largest absolute Gasteiger partial charge is 0.369 e. The van der Waals surface area contributed by atoms with E-state index in [1.165, 1.54) is 0 Å². The first kappa shape index (κ1) is 18.9. The van der Waals surface area contributed by atoms with Gasteiger partial charge in [0.15, 0.2) is 0 Å². The first-order valence-corrected chi connectivity index (χ1v) is 8.75. The van der Waals surface area contributed by atoms with Crippen molar-refractivity contribution in [3.05, 3.63) is 66.2 Å². The van der Waals surface area contributed by atoms with Crippen molar-refractivity contribution in [3.8, 4) is 11.1 Å². The summed E-state index contributed by atoms with van der Waals surface area (Å²) in [6, 6.07) is 16.6. The fourth-order valence-electron chi connectivity index (χ4n) is 3.29. The molecule has 2 atom stereocenters. The summed E-state index contributed by atoms with van der Waals surface area (Å²) in [5.74, 6) is -0.558. The maximum Gasteiger partial charge on any atom is 0.225 e. The van der Waals surface area contributed by atoms with Crippen LogP contribution in [0.15, 0.2) is 55.1 Å². The van der Waals surface area contributed by atoms with Crippen LogP contribution < -0.4 is 5.73 Å². The van der Waals surface area contributed by atoms with E-state index >= 15 is 0 Å². The fourth-order valence-corrected chi connectivity index (χ4v) is 3.29. The van der Waals surface area contributed by atoms with Gasteiger partial charge in [0.05, 0.1) is 5.92 Å².